The minimum Gasteiger partial charge on any atom is -0.383 e. The number of rotatable bonds is 7. The van der Waals surface area contributed by atoms with Gasteiger partial charge in [0.25, 0.3) is 6.43 Å². The lowest BCUT2D eigenvalue weighted by atomic mass is 9.87. The van der Waals surface area contributed by atoms with E-state index in [4.69, 9.17) is 4.74 Å². The predicted octanol–water partition coefficient (Wildman–Crippen LogP) is 5.32. The van der Waals surface area contributed by atoms with Gasteiger partial charge in [0.05, 0.1) is 12.8 Å². The fraction of sp³-hybridized carbons (Fsp3) is 0.469. The number of alkyl halides is 2. The monoisotopic (exact) mass is 577 g/mol. The van der Waals surface area contributed by atoms with Gasteiger partial charge < -0.3 is 19.4 Å². The molecule has 3 aromatic rings. The molecule has 6 rings (SSSR count). The van der Waals surface area contributed by atoms with Crippen molar-refractivity contribution in [3.05, 3.63) is 64.5 Å². The van der Waals surface area contributed by atoms with Crippen LogP contribution in [0.4, 0.5) is 20.2 Å². The van der Waals surface area contributed by atoms with E-state index < -0.39 is 6.43 Å². The normalized spacial score (nSPS) is 18.6. The molecule has 0 N–H and O–H groups in total. The zero-order chi connectivity index (χ0) is 29.5. The van der Waals surface area contributed by atoms with E-state index in [1.54, 1.807) is 44.2 Å². The fourth-order valence-corrected chi connectivity index (χ4v) is 6.71. The predicted molar refractivity (Wildman–Crippen MR) is 156 cm³/mol. The molecule has 10 heteroatoms. The molecular weight excluding hydrogens is 540 g/mol. The quantitative estimate of drug-likeness (QED) is 0.380. The summed E-state index contributed by atoms with van der Waals surface area (Å²) < 4.78 is 35.9. The highest BCUT2D eigenvalue weighted by Crippen LogP contribution is 2.45. The topological polar surface area (TPSA) is 70.9 Å². The standard InChI is InChI=1S/C32H37F2N5O3/c1-20(40)38-18-24-11-23(22-6-7-31(41)37(17-22)9-10-42-3)13-30(28(24)19-38)39-8-4-5-21-12-26(25-15-35-36(2)16-25)27(32(33)34)14-29(21)39/h11-16,22,32H,4-10,17-19H2,1-3H3. The number of nitrogens with zero attached hydrogens (tertiary/aromatic N) is 5. The molecule has 0 spiro atoms. The Morgan fingerprint density at radius 2 is 1.95 bits per heavy atom. The summed E-state index contributed by atoms with van der Waals surface area (Å²) in [4.78, 5) is 30.9. The lowest BCUT2D eigenvalue weighted by molar-refractivity contribution is -0.134. The maximum absolute atomic E-state index is 14.5. The van der Waals surface area contributed by atoms with Crippen LogP contribution in [0.2, 0.25) is 0 Å². The Kier molecular flexibility index (Phi) is 7.74. The number of hydrogen-bond donors (Lipinski definition) is 0. The van der Waals surface area contributed by atoms with Crippen LogP contribution in [0, 0.1) is 0 Å². The zero-order valence-electron chi connectivity index (χ0n) is 24.4. The Morgan fingerprint density at radius 3 is 2.67 bits per heavy atom. The van der Waals surface area contributed by atoms with E-state index in [2.05, 4.69) is 22.1 Å². The molecule has 0 aliphatic carbocycles. The average Bonchev–Trinajstić information content (AvgIpc) is 3.61. The van der Waals surface area contributed by atoms with Gasteiger partial charge in [-0.15, -0.1) is 0 Å². The van der Waals surface area contributed by atoms with Gasteiger partial charge in [0.1, 0.15) is 0 Å². The maximum atomic E-state index is 14.5. The first-order chi connectivity index (χ1) is 20.2. The number of fused-ring (bicyclic) bond motifs is 2. The lowest BCUT2D eigenvalue weighted by Crippen LogP contribution is -2.41. The summed E-state index contributed by atoms with van der Waals surface area (Å²) in [5, 5.41) is 4.21. The molecular formula is C32H37F2N5O3. The number of amides is 2. The molecule has 3 aliphatic heterocycles. The second kappa shape index (κ2) is 11.5. The number of carbonyl (C=O) groups excluding carboxylic acids is 2. The number of hydrogen-bond acceptors (Lipinski definition) is 5. The van der Waals surface area contributed by atoms with Crippen LogP contribution in [0.3, 0.4) is 0 Å². The number of carbonyl (C=O) groups is 2. The summed E-state index contributed by atoms with van der Waals surface area (Å²) in [5.41, 5.74) is 7.27. The minimum absolute atomic E-state index is 0.00727. The SMILES string of the molecule is COCCN1CC(c2cc3c(c(N4CCCc5cc(-c6cnn(C)c6)c(C(F)F)cc54)c2)CN(C(C)=O)C3)CCC1=O. The van der Waals surface area contributed by atoms with Crippen LogP contribution >= 0.6 is 0 Å². The number of likely N-dealkylation sites (tertiary alicyclic amines) is 1. The molecule has 0 saturated carbocycles. The van der Waals surface area contributed by atoms with Gasteiger partial charge in [-0.2, -0.15) is 5.10 Å². The second-order valence-electron chi connectivity index (χ2n) is 11.6. The van der Waals surface area contributed by atoms with Gasteiger partial charge in [0, 0.05) is 100 Å². The summed E-state index contributed by atoms with van der Waals surface area (Å²) in [6, 6.07) is 7.94. The number of methoxy groups -OCH3 is 1. The molecule has 0 radical (unpaired) electrons. The first-order valence-corrected chi connectivity index (χ1v) is 14.6. The van der Waals surface area contributed by atoms with Crippen molar-refractivity contribution < 1.29 is 23.1 Å². The van der Waals surface area contributed by atoms with Gasteiger partial charge in [-0.05, 0) is 59.7 Å². The molecule has 1 unspecified atom stereocenters. The Bertz CT molecular complexity index is 1520. The molecule has 4 heterocycles. The van der Waals surface area contributed by atoms with Crippen LogP contribution in [-0.2, 0) is 40.9 Å². The zero-order valence-corrected chi connectivity index (χ0v) is 24.4. The Labute approximate surface area is 244 Å². The summed E-state index contributed by atoms with van der Waals surface area (Å²) >= 11 is 0. The van der Waals surface area contributed by atoms with E-state index in [1.807, 2.05) is 15.9 Å². The molecule has 42 heavy (non-hydrogen) atoms. The number of benzene rings is 2. The molecule has 1 saturated heterocycles. The van der Waals surface area contributed by atoms with Crippen LogP contribution in [-0.4, -0.2) is 64.7 Å². The molecule has 1 aromatic heterocycles. The van der Waals surface area contributed by atoms with Gasteiger partial charge in [0.2, 0.25) is 11.8 Å². The van der Waals surface area contributed by atoms with Crippen molar-refractivity contribution in [2.75, 3.05) is 38.3 Å². The molecule has 222 valence electrons. The number of piperidine rings is 1. The van der Waals surface area contributed by atoms with Gasteiger partial charge >= 0.3 is 0 Å². The van der Waals surface area contributed by atoms with Crippen molar-refractivity contribution in [3.8, 4) is 11.1 Å². The van der Waals surface area contributed by atoms with Gasteiger partial charge in [-0.25, -0.2) is 8.78 Å². The van der Waals surface area contributed by atoms with Crippen LogP contribution in [0.25, 0.3) is 11.1 Å². The highest BCUT2D eigenvalue weighted by atomic mass is 19.3. The van der Waals surface area contributed by atoms with E-state index in [-0.39, 0.29) is 23.3 Å². The lowest BCUT2D eigenvalue weighted by Gasteiger charge is -2.36. The molecule has 0 bridgehead atoms. The third kappa shape index (κ3) is 5.28. The van der Waals surface area contributed by atoms with Crippen molar-refractivity contribution >= 4 is 23.2 Å². The number of aromatic nitrogens is 2. The molecule has 2 amide bonds. The summed E-state index contributed by atoms with van der Waals surface area (Å²) in [6.45, 7) is 4.94. The van der Waals surface area contributed by atoms with Crippen molar-refractivity contribution in [1.29, 1.82) is 0 Å². The highest BCUT2D eigenvalue weighted by Gasteiger charge is 2.33. The van der Waals surface area contributed by atoms with E-state index in [9.17, 15) is 18.4 Å². The van der Waals surface area contributed by atoms with Crippen LogP contribution in [0.15, 0.2) is 36.7 Å². The van der Waals surface area contributed by atoms with Crippen LogP contribution in [0.1, 0.15) is 66.3 Å². The smallest absolute Gasteiger partial charge is 0.264 e. The number of aryl methyl sites for hydroxylation is 2. The molecule has 3 aliphatic rings. The second-order valence-corrected chi connectivity index (χ2v) is 11.6. The van der Waals surface area contributed by atoms with Crippen LogP contribution < -0.4 is 4.90 Å². The van der Waals surface area contributed by atoms with E-state index in [0.29, 0.717) is 56.9 Å². The van der Waals surface area contributed by atoms with Gasteiger partial charge in [-0.1, -0.05) is 6.07 Å². The van der Waals surface area contributed by atoms with Crippen molar-refractivity contribution in [2.45, 2.75) is 58.0 Å². The first kappa shape index (κ1) is 28.3. The summed E-state index contributed by atoms with van der Waals surface area (Å²) in [6.07, 6.45) is 3.66. The van der Waals surface area contributed by atoms with Gasteiger partial charge in [0.15, 0.2) is 0 Å². The Balaban J connectivity index is 1.44. The van der Waals surface area contributed by atoms with Crippen molar-refractivity contribution in [3.63, 3.8) is 0 Å². The molecule has 1 atom stereocenters. The maximum Gasteiger partial charge on any atom is 0.264 e. The van der Waals surface area contributed by atoms with Crippen LogP contribution in [0.5, 0.6) is 0 Å². The Hall–Kier alpha value is -3.79. The molecule has 2 aromatic carbocycles. The van der Waals surface area contributed by atoms with Crippen molar-refractivity contribution in [1.82, 2.24) is 19.6 Å². The molecule has 1 fully saturated rings. The summed E-state index contributed by atoms with van der Waals surface area (Å²) in [5.74, 6) is 0.290. The third-order valence-electron chi connectivity index (χ3n) is 8.94. The van der Waals surface area contributed by atoms with E-state index >= 15 is 0 Å². The van der Waals surface area contributed by atoms with Crippen molar-refractivity contribution in [2.24, 2.45) is 7.05 Å². The summed E-state index contributed by atoms with van der Waals surface area (Å²) in [7, 11) is 3.41. The third-order valence-corrected chi connectivity index (χ3v) is 8.94. The number of halogens is 2. The Morgan fingerprint density at radius 1 is 1.12 bits per heavy atom. The number of anilines is 2. The average molecular weight is 578 g/mol. The molecule has 8 nitrogen and oxygen atoms in total. The highest BCUT2D eigenvalue weighted by molar-refractivity contribution is 5.81. The largest absolute Gasteiger partial charge is 0.383 e. The first-order valence-electron chi connectivity index (χ1n) is 14.6. The van der Waals surface area contributed by atoms with Gasteiger partial charge in [-0.3, -0.25) is 14.3 Å². The number of ether oxygens (including phenoxy) is 1. The van der Waals surface area contributed by atoms with E-state index in [0.717, 1.165) is 52.9 Å². The fourth-order valence-electron chi connectivity index (χ4n) is 6.71. The van der Waals surface area contributed by atoms with E-state index in [1.165, 1.54) is 0 Å². The minimum atomic E-state index is -2.64.